The van der Waals surface area contributed by atoms with Crippen molar-refractivity contribution in [3.8, 4) is 0 Å². The van der Waals surface area contributed by atoms with Crippen LogP contribution < -0.4 is 5.32 Å². The van der Waals surface area contributed by atoms with Gasteiger partial charge in [-0.2, -0.15) is 0 Å². The van der Waals surface area contributed by atoms with Gasteiger partial charge >= 0.3 is 0 Å². The summed E-state index contributed by atoms with van der Waals surface area (Å²) in [5, 5.41) is 3.59. The van der Waals surface area contributed by atoms with E-state index in [1.54, 1.807) is 0 Å². The monoisotopic (exact) mass is 295 g/mol. The van der Waals surface area contributed by atoms with Gasteiger partial charge in [-0.25, -0.2) is 0 Å². The highest BCUT2D eigenvalue weighted by Gasteiger charge is 2.21. The summed E-state index contributed by atoms with van der Waals surface area (Å²) in [5.74, 6) is 0. The highest BCUT2D eigenvalue weighted by Crippen LogP contribution is 2.32. The summed E-state index contributed by atoms with van der Waals surface area (Å²) in [6.07, 6.45) is 4.90. The van der Waals surface area contributed by atoms with Crippen molar-refractivity contribution >= 4 is 15.9 Å². The van der Waals surface area contributed by atoms with E-state index >= 15 is 0 Å². The van der Waals surface area contributed by atoms with Gasteiger partial charge in [-0.1, -0.05) is 28.6 Å². The molecule has 0 saturated heterocycles. The van der Waals surface area contributed by atoms with Crippen molar-refractivity contribution in [2.75, 3.05) is 13.2 Å². The van der Waals surface area contributed by atoms with Crippen LogP contribution in [-0.4, -0.2) is 13.2 Å². The van der Waals surface area contributed by atoms with Crippen LogP contribution >= 0.6 is 15.9 Å². The lowest BCUT2D eigenvalue weighted by Crippen LogP contribution is -2.21. The predicted molar refractivity (Wildman–Crippen MR) is 74.0 cm³/mol. The number of benzene rings is 1. The third-order valence-corrected chi connectivity index (χ3v) is 3.62. The third-order valence-electron chi connectivity index (χ3n) is 3.13. The summed E-state index contributed by atoms with van der Waals surface area (Å²) in [5.41, 5.74) is 2.93. The lowest BCUT2D eigenvalue weighted by atomic mass is 10.1. The van der Waals surface area contributed by atoms with Gasteiger partial charge in [0.2, 0.25) is 0 Å². The molecule has 0 saturated carbocycles. The van der Waals surface area contributed by atoms with Crippen molar-refractivity contribution in [1.29, 1.82) is 0 Å². The van der Waals surface area contributed by atoms with Crippen molar-refractivity contribution < 1.29 is 4.74 Å². The van der Waals surface area contributed by atoms with E-state index in [0.717, 1.165) is 19.6 Å². The molecule has 0 fully saturated rings. The number of rotatable bonds is 6. The molecule has 0 spiro atoms. The summed E-state index contributed by atoms with van der Waals surface area (Å²) < 4.78 is 6.28. The second-order valence-electron chi connectivity index (χ2n) is 4.28. The Balaban J connectivity index is 1.83. The van der Waals surface area contributed by atoms with Crippen LogP contribution in [0.5, 0.6) is 0 Å². The Kier molecular flexibility index (Phi) is 4.63. The highest BCUT2D eigenvalue weighted by molar-refractivity contribution is 9.10. The number of nitrogens with one attached hydrogen (secondary N) is 1. The maximum absolute atomic E-state index is 5.10. The molecule has 17 heavy (non-hydrogen) atoms. The maximum Gasteiger partial charge on any atom is 0.0885 e. The quantitative estimate of drug-likeness (QED) is 0.640. The maximum atomic E-state index is 5.10. The molecule has 1 unspecified atom stereocenters. The van der Waals surface area contributed by atoms with Gasteiger partial charge < -0.3 is 10.1 Å². The number of ether oxygens (including phenoxy) is 1. The third kappa shape index (κ3) is 3.33. The normalized spacial score (nSPS) is 17.8. The largest absolute Gasteiger partial charge is 0.502 e. The van der Waals surface area contributed by atoms with Gasteiger partial charge in [-0.05, 0) is 49.1 Å². The standard InChI is InChI=1S/C14H18BrNO/c1-2-17-9-3-8-16-14-7-4-11-10-12(15)5-6-13(11)14/h2,5-6,10,14,16H,1,3-4,7-9H2. The highest BCUT2D eigenvalue weighted by atomic mass is 79.9. The first-order valence-corrected chi connectivity index (χ1v) is 6.85. The van der Waals surface area contributed by atoms with Crippen LogP contribution in [0.3, 0.4) is 0 Å². The molecule has 2 rings (SSSR count). The van der Waals surface area contributed by atoms with Gasteiger partial charge in [0.15, 0.2) is 0 Å². The van der Waals surface area contributed by atoms with E-state index < -0.39 is 0 Å². The number of hydrogen-bond donors (Lipinski definition) is 1. The fourth-order valence-corrected chi connectivity index (χ4v) is 2.72. The van der Waals surface area contributed by atoms with E-state index in [2.05, 4.69) is 46.0 Å². The first-order chi connectivity index (χ1) is 8.31. The molecule has 0 radical (unpaired) electrons. The van der Waals surface area contributed by atoms with E-state index in [1.165, 1.54) is 34.7 Å². The molecule has 0 aromatic heterocycles. The number of aryl methyl sites for hydroxylation is 1. The van der Waals surface area contributed by atoms with Gasteiger partial charge in [-0.15, -0.1) is 0 Å². The number of hydrogen-bond acceptors (Lipinski definition) is 2. The van der Waals surface area contributed by atoms with Gasteiger partial charge in [0, 0.05) is 10.5 Å². The number of fused-ring (bicyclic) bond motifs is 1. The first-order valence-electron chi connectivity index (χ1n) is 6.05. The van der Waals surface area contributed by atoms with E-state index in [9.17, 15) is 0 Å². The molecule has 0 amide bonds. The Morgan fingerprint density at radius 3 is 3.24 bits per heavy atom. The molecule has 1 aromatic rings. The average Bonchev–Trinajstić information content (AvgIpc) is 2.71. The van der Waals surface area contributed by atoms with E-state index in [0.29, 0.717) is 6.04 Å². The summed E-state index contributed by atoms with van der Waals surface area (Å²) in [6.45, 7) is 5.27. The SMILES string of the molecule is C=COCCCNC1CCc2cc(Br)ccc21. The van der Waals surface area contributed by atoms with Gasteiger partial charge in [0.1, 0.15) is 0 Å². The summed E-state index contributed by atoms with van der Waals surface area (Å²) in [6, 6.07) is 7.10. The molecule has 1 atom stereocenters. The number of halogens is 1. The zero-order chi connectivity index (χ0) is 12.1. The Hall–Kier alpha value is -0.800. The molecule has 1 aliphatic rings. The second-order valence-corrected chi connectivity index (χ2v) is 5.20. The molecule has 1 aromatic carbocycles. The molecular weight excluding hydrogens is 278 g/mol. The van der Waals surface area contributed by atoms with Gasteiger partial charge in [0.05, 0.1) is 12.9 Å². The fraction of sp³-hybridized carbons (Fsp3) is 0.429. The Bertz CT molecular complexity index is 392. The van der Waals surface area contributed by atoms with Crippen LogP contribution in [0.25, 0.3) is 0 Å². The van der Waals surface area contributed by atoms with E-state index in [4.69, 9.17) is 4.74 Å². The molecule has 3 heteroatoms. The lowest BCUT2D eigenvalue weighted by molar-refractivity contribution is 0.243. The topological polar surface area (TPSA) is 21.3 Å². The molecule has 1 aliphatic carbocycles. The zero-order valence-corrected chi connectivity index (χ0v) is 11.5. The molecule has 2 nitrogen and oxygen atoms in total. The van der Waals surface area contributed by atoms with Gasteiger partial charge in [0.25, 0.3) is 0 Å². The fourth-order valence-electron chi connectivity index (χ4n) is 2.31. The van der Waals surface area contributed by atoms with Crippen LogP contribution in [-0.2, 0) is 11.2 Å². The van der Waals surface area contributed by atoms with E-state index in [-0.39, 0.29) is 0 Å². The Morgan fingerprint density at radius 2 is 2.41 bits per heavy atom. The van der Waals surface area contributed by atoms with Crippen molar-refractivity contribution in [2.45, 2.75) is 25.3 Å². The van der Waals surface area contributed by atoms with Crippen LogP contribution in [0, 0.1) is 0 Å². The minimum atomic E-state index is 0.516. The molecular formula is C14H18BrNO. The van der Waals surface area contributed by atoms with E-state index in [1.807, 2.05) is 0 Å². The van der Waals surface area contributed by atoms with Crippen molar-refractivity contribution in [3.05, 3.63) is 46.6 Å². The summed E-state index contributed by atoms with van der Waals surface area (Å²) >= 11 is 3.52. The predicted octanol–water partition coefficient (Wildman–Crippen LogP) is 3.58. The minimum Gasteiger partial charge on any atom is -0.502 e. The zero-order valence-electron chi connectivity index (χ0n) is 9.92. The van der Waals surface area contributed by atoms with Crippen molar-refractivity contribution in [3.63, 3.8) is 0 Å². The second kappa shape index (κ2) is 6.22. The molecule has 92 valence electrons. The molecule has 1 N–H and O–H groups in total. The Labute approximate surface area is 111 Å². The Morgan fingerprint density at radius 1 is 1.53 bits per heavy atom. The molecule has 0 bridgehead atoms. The average molecular weight is 296 g/mol. The van der Waals surface area contributed by atoms with Crippen LogP contribution in [0.1, 0.15) is 30.0 Å². The van der Waals surface area contributed by atoms with Crippen LogP contribution in [0.2, 0.25) is 0 Å². The molecule has 0 heterocycles. The lowest BCUT2D eigenvalue weighted by Gasteiger charge is -2.13. The van der Waals surface area contributed by atoms with Crippen LogP contribution in [0.4, 0.5) is 0 Å². The van der Waals surface area contributed by atoms with Crippen molar-refractivity contribution in [2.24, 2.45) is 0 Å². The molecule has 0 aliphatic heterocycles. The van der Waals surface area contributed by atoms with Crippen LogP contribution in [0.15, 0.2) is 35.5 Å². The summed E-state index contributed by atoms with van der Waals surface area (Å²) in [7, 11) is 0. The van der Waals surface area contributed by atoms with Gasteiger partial charge in [-0.3, -0.25) is 0 Å². The summed E-state index contributed by atoms with van der Waals surface area (Å²) in [4.78, 5) is 0. The van der Waals surface area contributed by atoms with Crippen molar-refractivity contribution in [1.82, 2.24) is 5.32 Å². The minimum absolute atomic E-state index is 0.516. The smallest absolute Gasteiger partial charge is 0.0885 e. The first kappa shape index (κ1) is 12.7.